The molecule has 0 radical (unpaired) electrons. The Balaban J connectivity index is 2.61. The quantitative estimate of drug-likeness (QED) is 0.556. The van der Waals surface area contributed by atoms with Crippen LogP contribution in [0.15, 0.2) is 0 Å². The molecule has 0 aromatic carbocycles. The van der Waals surface area contributed by atoms with Gasteiger partial charge in [0, 0.05) is 0 Å². The highest BCUT2D eigenvalue weighted by Crippen LogP contribution is 2.62. The van der Waals surface area contributed by atoms with Crippen molar-refractivity contribution < 1.29 is 9.90 Å². The molecule has 18 heavy (non-hydrogen) atoms. The van der Waals surface area contributed by atoms with E-state index >= 15 is 0 Å². The molecule has 0 aliphatic heterocycles. The molecule has 0 saturated heterocycles. The number of unbranched alkanes of at least 4 members (excludes halogenated alkanes) is 4. The van der Waals surface area contributed by atoms with Crippen molar-refractivity contribution in [3.63, 3.8) is 0 Å². The second-order valence-corrected chi connectivity index (χ2v) is 6.36. The molecule has 0 heterocycles. The van der Waals surface area contributed by atoms with Crippen LogP contribution in [0, 0.1) is 10.8 Å². The number of hydrogen-bond acceptors (Lipinski definition) is 1. The Labute approximate surface area is 112 Å². The lowest BCUT2D eigenvalue weighted by Crippen LogP contribution is -2.35. The number of carboxylic acids is 1. The highest BCUT2D eigenvalue weighted by molar-refractivity contribution is 5.79. The zero-order chi connectivity index (χ0) is 13.6. The van der Waals surface area contributed by atoms with Crippen LogP contribution >= 0.6 is 0 Å². The lowest BCUT2D eigenvalue weighted by Gasteiger charge is -2.36. The zero-order valence-electron chi connectivity index (χ0n) is 12.4. The lowest BCUT2D eigenvalue weighted by atomic mass is 9.67. The minimum Gasteiger partial charge on any atom is -0.481 e. The summed E-state index contributed by atoms with van der Waals surface area (Å²) in [6, 6.07) is 0. The summed E-state index contributed by atoms with van der Waals surface area (Å²) in [4.78, 5) is 11.6. The van der Waals surface area contributed by atoms with Gasteiger partial charge in [-0.1, -0.05) is 59.3 Å². The van der Waals surface area contributed by atoms with Crippen molar-refractivity contribution in [2.24, 2.45) is 10.8 Å². The van der Waals surface area contributed by atoms with Crippen LogP contribution in [0.4, 0.5) is 0 Å². The molecule has 2 heteroatoms. The van der Waals surface area contributed by atoms with Gasteiger partial charge in [0.05, 0.1) is 5.41 Å². The Morgan fingerprint density at radius 1 is 1.06 bits per heavy atom. The van der Waals surface area contributed by atoms with Gasteiger partial charge in [0.2, 0.25) is 0 Å². The fraction of sp³-hybridized carbons (Fsp3) is 0.938. The first-order valence-corrected chi connectivity index (χ1v) is 7.76. The van der Waals surface area contributed by atoms with E-state index in [1.807, 2.05) is 0 Å². The molecule has 106 valence electrons. The second kappa shape index (κ2) is 6.58. The molecule has 1 aliphatic carbocycles. The summed E-state index contributed by atoms with van der Waals surface area (Å²) in [5.41, 5.74) is -0.350. The first-order valence-electron chi connectivity index (χ1n) is 7.76. The van der Waals surface area contributed by atoms with Crippen molar-refractivity contribution in [2.45, 2.75) is 85.0 Å². The predicted octanol–water partition coefficient (Wildman–Crippen LogP) is 5.02. The largest absolute Gasteiger partial charge is 0.481 e. The number of carbonyl (C=O) groups is 1. The van der Waals surface area contributed by atoms with Crippen LogP contribution in [0.5, 0.6) is 0 Å². The average Bonchev–Trinajstić information content (AvgIpc) is 3.14. The van der Waals surface area contributed by atoms with E-state index in [1.54, 1.807) is 0 Å². The van der Waals surface area contributed by atoms with E-state index in [2.05, 4.69) is 20.8 Å². The third kappa shape index (κ3) is 3.27. The Morgan fingerprint density at radius 2 is 1.61 bits per heavy atom. The van der Waals surface area contributed by atoms with Crippen LogP contribution in [0.3, 0.4) is 0 Å². The fourth-order valence-corrected chi connectivity index (χ4v) is 3.31. The smallest absolute Gasteiger partial charge is 0.310 e. The average molecular weight is 254 g/mol. The van der Waals surface area contributed by atoms with Crippen LogP contribution < -0.4 is 0 Å². The van der Waals surface area contributed by atoms with Gasteiger partial charge < -0.3 is 5.11 Å². The molecule has 1 N–H and O–H groups in total. The number of hydrogen-bond donors (Lipinski definition) is 1. The number of aliphatic carboxylic acids is 1. The molecule has 2 nitrogen and oxygen atoms in total. The first-order chi connectivity index (χ1) is 8.52. The van der Waals surface area contributed by atoms with Crippen molar-refractivity contribution in [1.29, 1.82) is 0 Å². The number of carboxylic acid groups (broad SMARTS) is 1. The Kier molecular flexibility index (Phi) is 5.68. The second-order valence-electron chi connectivity index (χ2n) is 6.36. The molecule has 0 amide bonds. The third-order valence-electron chi connectivity index (χ3n) is 4.98. The third-order valence-corrected chi connectivity index (χ3v) is 4.98. The fourth-order valence-electron chi connectivity index (χ4n) is 3.31. The van der Waals surface area contributed by atoms with Gasteiger partial charge in [-0.15, -0.1) is 0 Å². The maximum atomic E-state index is 11.6. The summed E-state index contributed by atoms with van der Waals surface area (Å²) < 4.78 is 0. The molecule has 0 aromatic rings. The Morgan fingerprint density at radius 3 is 2.06 bits per heavy atom. The van der Waals surface area contributed by atoms with E-state index in [0.717, 1.165) is 25.7 Å². The highest BCUT2D eigenvalue weighted by atomic mass is 16.4. The van der Waals surface area contributed by atoms with Crippen LogP contribution in [0.1, 0.15) is 85.0 Å². The van der Waals surface area contributed by atoms with E-state index in [9.17, 15) is 9.90 Å². The molecular weight excluding hydrogens is 224 g/mol. The summed E-state index contributed by atoms with van der Waals surface area (Å²) in [7, 11) is 0. The minimum absolute atomic E-state index is 0.0303. The summed E-state index contributed by atoms with van der Waals surface area (Å²) in [5.74, 6) is -0.545. The summed E-state index contributed by atoms with van der Waals surface area (Å²) in [6.45, 7) is 6.64. The molecule has 0 aromatic heterocycles. The van der Waals surface area contributed by atoms with Crippen molar-refractivity contribution in [2.75, 3.05) is 0 Å². The van der Waals surface area contributed by atoms with E-state index in [4.69, 9.17) is 0 Å². The van der Waals surface area contributed by atoms with Gasteiger partial charge in [-0.2, -0.15) is 0 Å². The van der Waals surface area contributed by atoms with Gasteiger partial charge in [-0.05, 0) is 31.1 Å². The van der Waals surface area contributed by atoms with Crippen LogP contribution in [0.2, 0.25) is 0 Å². The molecule has 0 bridgehead atoms. The SMILES string of the molecule is CCCCCCC(C)(CCCC)C1(C(=O)O)CC1. The van der Waals surface area contributed by atoms with Gasteiger partial charge in [0.1, 0.15) is 0 Å². The molecule has 1 aliphatic rings. The standard InChI is InChI=1S/C16H30O2/c1-4-6-8-9-11-15(3,10-7-5-2)16(12-13-16)14(17)18/h4-13H2,1-3H3,(H,17,18). The van der Waals surface area contributed by atoms with E-state index in [0.29, 0.717) is 0 Å². The first kappa shape index (κ1) is 15.5. The predicted molar refractivity (Wildman–Crippen MR) is 75.7 cm³/mol. The van der Waals surface area contributed by atoms with Gasteiger partial charge in [0.15, 0.2) is 0 Å². The van der Waals surface area contributed by atoms with Gasteiger partial charge in [-0.3, -0.25) is 4.79 Å². The number of rotatable bonds is 10. The maximum absolute atomic E-state index is 11.6. The van der Waals surface area contributed by atoms with Gasteiger partial charge >= 0.3 is 5.97 Å². The van der Waals surface area contributed by atoms with Crippen LogP contribution in [-0.2, 0) is 4.79 Å². The molecule has 1 saturated carbocycles. The summed E-state index contributed by atoms with van der Waals surface area (Å²) in [6.07, 6.45) is 11.3. The molecule has 1 fully saturated rings. The summed E-state index contributed by atoms with van der Waals surface area (Å²) >= 11 is 0. The molecular formula is C16H30O2. The summed E-state index contributed by atoms with van der Waals surface area (Å²) in [5, 5.41) is 9.54. The molecule has 1 atom stereocenters. The molecule has 0 spiro atoms. The molecule has 1 unspecified atom stereocenters. The lowest BCUT2D eigenvalue weighted by molar-refractivity contribution is -0.149. The molecule has 1 rings (SSSR count). The van der Waals surface area contributed by atoms with Crippen molar-refractivity contribution in [3.8, 4) is 0 Å². The van der Waals surface area contributed by atoms with E-state index < -0.39 is 5.97 Å². The highest BCUT2D eigenvalue weighted by Gasteiger charge is 2.61. The van der Waals surface area contributed by atoms with Crippen LogP contribution in [0.25, 0.3) is 0 Å². The van der Waals surface area contributed by atoms with Crippen LogP contribution in [-0.4, -0.2) is 11.1 Å². The zero-order valence-corrected chi connectivity index (χ0v) is 12.4. The Bertz CT molecular complexity index is 268. The topological polar surface area (TPSA) is 37.3 Å². The minimum atomic E-state index is -0.545. The maximum Gasteiger partial charge on any atom is 0.310 e. The van der Waals surface area contributed by atoms with E-state index in [1.165, 1.54) is 38.5 Å². The Hall–Kier alpha value is -0.530. The van der Waals surface area contributed by atoms with Gasteiger partial charge in [-0.25, -0.2) is 0 Å². The van der Waals surface area contributed by atoms with Gasteiger partial charge in [0.25, 0.3) is 0 Å². The van der Waals surface area contributed by atoms with Crippen molar-refractivity contribution >= 4 is 5.97 Å². The monoisotopic (exact) mass is 254 g/mol. The van der Waals surface area contributed by atoms with Crippen molar-refractivity contribution in [1.82, 2.24) is 0 Å². The van der Waals surface area contributed by atoms with E-state index in [-0.39, 0.29) is 10.8 Å². The van der Waals surface area contributed by atoms with Crippen molar-refractivity contribution in [3.05, 3.63) is 0 Å². The normalized spacial score (nSPS) is 20.4.